The van der Waals surface area contributed by atoms with Crippen molar-refractivity contribution in [3.05, 3.63) is 210 Å². The van der Waals surface area contributed by atoms with Gasteiger partial charge in [-0.3, -0.25) is 0 Å². The van der Waals surface area contributed by atoms with Crippen molar-refractivity contribution in [3.63, 3.8) is 0 Å². The average Bonchev–Trinajstić information content (AvgIpc) is 3.55. The molecular formula is C49H31NO2. The number of para-hydroxylation sites is 5. The second kappa shape index (κ2) is 11.1. The van der Waals surface area contributed by atoms with E-state index in [2.05, 4.69) is 193 Å². The minimum atomic E-state index is -0.662. The normalized spacial score (nSPS) is 13.5. The van der Waals surface area contributed by atoms with E-state index in [9.17, 15) is 0 Å². The molecule has 0 saturated carbocycles. The standard InChI is InChI=1S/C49H31NO2/c1-3-14-32(15-4-1)36-19-13-22-42-48(36)52-47-31-34(26-28-41(47)49(42)39-20-8-11-24-45(39)51-46-25-12-9-21-40(46)49)33-27-29-44-38(30-33)37-18-7-10-23-43(37)50(44)35-16-5-2-6-17-35/h1-31H. The number of benzene rings is 8. The zero-order valence-corrected chi connectivity index (χ0v) is 28.2. The van der Waals surface area contributed by atoms with Crippen molar-refractivity contribution in [2.24, 2.45) is 0 Å². The topological polar surface area (TPSA) is 23.4 Å². The molecule has 0 N–H and O–H groups in total. The maximum absolute atomic E-state index is 7.16. The zero-order valence-electron chi connectivity index (χ0n) is 28.2. The Morgan fingerprint density at radius 2 is 0.962 bits per heavy atom. The minimum Gasteiger partial charge on any atom is -0.457 e. The fraction of sp³-hybridized carbons (Fsp3) is 0.0204. The third kappa shape index (κ3) is 4.02. The van der Waals surface area contributed by atoms with Gasteiger partial charge >= 0.3 is 0 Å². The van der Waals surface area contributed by atoms with E-state index in [1.807, 2.05) is 0 Å². The van der Waals surface area contributed by atoms with E-state index in [1.165, 1.54) is 21.8 Å². The Morgan fingerprint density at radius 1 is 0.365 bits per heavy atom. The van der Waals surface area contributed by atoms with Crippen LogP contribution in [0.5, 0.6) is 23.0 Å². The Kier molecular flexibility index (Phi) is 6.17. The Hall–Kier alpha value is -6.84. The van der Waals surface area contributed by atoms with Crippen molar-refractivity contribution in [2.45, 2.75) is 5.41 Å². The summed E-state index contributed by atoms with van der Waals surface area (Å²) in [5, 5.41) is 2.45. The van der Waals surface area contributed by atoms with Gasteiger partial charge in [0.05, 0.1) is 16.4 Å². The van der Waals surface area contributed by atoms with Crippen LogP contribution in [0, 0.1) is 0 Å². The van der Waals surface area contributed by atoms with Crippen molar-refractivity contribution < 1.29 is 9.47 Å². The number of nitrogens with zero attached hydrogens (tertiary/aromatic N) is 1. The van der Waals surface area contributed by atoms with Gasteiger partial charge in [0.15, 0.2) is 0 Å². The molecule has 2 aliphatic rings. The zero-order chi connectivity index (χ0) is 34.2. The monoisotopic (exact) mass is 665 g/mol. The number of aromatic nitrogens is 1. The summed E-state index contributed by atoms with van der Waals surface area (Å²) >= 11 is 0. The largest absolute Gasteiger partial charge is 0.457 e. The Balaban J connectivity index is 1.17. The first kappa shape index (κ1) is 28.9. The molecule has 2 aliphatic heterocycles. The van der Waals surface area contributed by atoms with Crippen molar-refractivity contribution in [1.82, 2.24) is 4.57 Å². The molecule has 9 aromatic rings. The van der Waals surface area contributed by atoms with Crippen LogP contribution in [0.15, 0.2) is 188 Å². The van der Waals surface area contributed by atoms with E-state index in [-0.39, 0.29) is 0 Å². The summed E-state index contributed by atoms with van der Waals surface area (Å²) in [4.78, 5) is 0. The van der Waals surface area contributed by atoms with Crippen molar-refractivity contribution in [2.75, 3.05) is 0 Å². The molecule has 0 aliphatic carbocycles. The predicted octanol–water partition coefficient (Wildman–Crippen LogP) is 12.7. The van der Waals surface area contributed by atoms with Crippen LogP contribution >= 0.6 is 0 Å². The molecule has 8 aromatic carbocycles. The van der Waals surface area contributed by atoms with E-state index in [4.69, 9.17) is 9.47 Å². The van der Waals surface area contributed by atoms with Gasteiger partial charge in [0.1, 0.15) is 23.0 Å². The van der Waals surface area contributed by atoms with Crippen LogP contribution in [-0.4, -0.2) is 4.57 Å². The molecule has 1 aromatic heterocycles. The third-order valence-corrected chi connectivity index (χ3v) is 10.9. The van der Waals surface area contributed by atoms with Gasteiger partial charge in [0.2, 0.25) is 0 Å². The van der Waals surface area contributed by atoms with Crippen LogP contribution in [-0.2, 0) is 5.41 Å². The first-order valence-corrected chi connectivity index (χ1v) is 17.8. The van der Waals surface area contributed by atoms with Crippen LogP contribution in [0.25, 0.3) is 49.7 Å². The van der Waals surface area contributed by atoms with Gasteiger partial charge in [-0.25, -0.2) is 0 Å². The molecule has 3 heterocycles. The lowest BCUT2D eigenvalue weighted by Crippen LogP contribution is -2.37. The second-order valence-electron chi connectivity index (χ2n) is 13.6. The maximum atomic E-state index is 7.16. The summed E-state index contributed by atoms with van der Waals surface area (Å²) in [6.45, 7) is 0. The van der Waals surface area contributed by atoms with Crippen molar-refractivity contribution >= 4 is 21.8 Å². The molecule has 244 valence electrons. The molecule has 0 unspecified atom stereocenters. The first-order valence-electron chi connectivity index (χ1n) is 17.8. The number of hydrogen-bond donors (Lipinski definition) is 0. The van der Waals surface area contributed by atoms with Crippen LogP contribution < -0.4 is 9.47 Å². The molecule has 0 saturated heterocycles. The van der Waals surface area contributed by atoms with Crippen LogP contribution in [0.3, 0.4) is 0 Å². The molecule has 3 heteroatoms. The lowest BCUT2D eigenvalue weighted by Gasteiger charge is -2.45. The maximum Gasteiger partial charge on any atom is 0.140 e. The quantitative estimate of drug-likeness (QED) is 0.187. The van der Waals surface area contributed by atoms with Gasteiger partial charge in [0.25, 0.3) is 0 Å². The number of ether oxygens (including phenoxy) is 2. The van der Waals surface area contributed by atoms with E-state index in [1.54, 1.807) is 0 Å². The van der Waals surface area contributed by atoms with Gasteiger partial charge in [-0.2, -0.15) is 0 Å². The molecule has 0 fully saturated rings. The third-order valence-electron chi connectivity index (χ3n) is 10.9. The fourth-order valence-corrected chi connectivity index (χ4v) is 8.72. The Morgan fingerprint density at radius 3 is 1.75 bits per heavy atom. The van der Waals surface area contributed by atoms with Gasteiger partial charge in [0, 0.05) is 44.3 Å². The van der Waals surface area contributed by atoms with Crippen LogP contribution in [0.4, 0.5) is 0 Å². The van der Waals surface area contributed by atoms with E-state index < -0.39 is 5.41 Å². The number of fused-ring (bicyclic) bond motifs is 11. The summed E-state index contributed by atoms with van der Waals surface area (Å²) in [7, 11) is 0. The van der Waals surface area contributed by atoms with Crippen LogP contribution in [0.2, 0.25) is 0 Å². The SMILES string of the molecule is c1ccc(-c2cccc3c2Oc2cc(-c4ccc5c(c4)c4ccccc4n5-c4ccccc4)ccc2C32c3ccccc3Oc3ccccc32)cc1. The smallest absolute Gasteiger partial charge is 0.140 e. The minimum absolute atomic E-state index is 0.662. The summed E-state index contributed by atoms with van der Waals surface area (Å²) in [5.41, 5.74) is 11.7. The van der Waals surface area contributed by atoms with E-state index >= 15 is 0 Å². The van der Waals surface area contributed by atoms with Gasteiger partial charge in [-0.05, 0) is 65.2 Å². The number of hydrogen-bond acceptors (Lipinski definition) is 2. The Bertz CT molecular complexity index is 2810. The highest BCUT2D eigenvalue weighted by atomic mass is 16.5. The lowest BCUT2D eigenvalue weighted by atomic mass is 9.62. The number of rotatable bonds is 3. The fourth-order valence-electron chi connectivity index (χ4n) is 8.72. The molecule has 1 spiro atoms. The van der Waals surface area contributed by atoms with E-state index in [0.717, 1.165) is 73.2 Å². The molecule has 0 bridgehead atoms. The van der Waals surface area contributed by atoms with Gasteiger partial charge in [-0.1, -0.05) is 140 Å². The van der Waals surface area contributed by atoms with Crippen molar-refractivity contribution in [3.8, 4) is 50.9 Å². The summed E-state index contributed by atoms with van der Waals surface area (Å²) in [6.07, 6.45) is 0. The molecule has 0 atom stereocenters. The van der Waals surface area contributed by atoms with E-state index in [0.29, 0.717) is 0 Å². The summed E-state index contributed by atoms with van der Waals surface area (Å²) in [5.74, 6) is 3.42. The molecule has 0 amide bonds. The average molecular weight is 666 g/mol. The predicted molar refractivity (Wildman–Crippen MR) is 210 cm³/mol. The molecule has 3 nitrogen and oxygen atoms in total. The molecular weight excluding hydrogens is 635 g/mol. The molecule has 0 radical (unpaired) electrons. The molecule has 11 rings (SSSR count). The second-order valence-corrected chi connectivity index (χ2v) is 13.6. The van der Waals surface area contributed by atoms with Crippen LogP contribution in [0.1, 0.15) is 22.3 Å². The highest BCUT2D eigenvalue weighted by Gasteiger charge is 2.51. The summed E-state index contributed by atoms with van der Waals surface area (Å²) < 4.78 is 16.1. The first-order chi connectivity index (χ1) is 25.8. The van der Waals surface area contributed by atoms with Crippen molar-refractivity contribution in [1.29, 1.82) is 0 Å². The summed E-state index contributed by atoms with van der Waals surface area (Å²) in [6, 6.07) is 66.9. The highest BCUT2D eigenvalue weighted by Crippen LogP contribution is 2.62. The molecule has 52 heavy (non-hydrogen) atoms. The Labute approximate surface area is 301 Å². The lowest BCUT2D eigenvalue weighted by molar-refractivity contribution is 0.400. The van der Waals surface area contributed by atoms with Gasteiger partial charge in [-0.15, -0.1) is 0 Å². The van der Waals surface area contributed by atoms with Gasteiger partial charge < -0.3 is 14.0 Å². The highest BCUT2D eigenvalue weighted by molar-refractivity contribution is 6.10.